The molecule has 2 unspecified atom stereocenters. The Kier molecular flexibility index (Phi) is 6.26. The van der Waals surface area contributed by atoms with Gasteiger partial charge in [-0.25, -0.2) is 0 Å². The first-order chi connectivity index (χ1) is 13.7. The van der Waals surface area contributed by atoms with Crippen molar-refractivity contribution in [1.29, 1.82) is 0 Å². The topological polar surface area (TPSA) is 67.4 Å². The molecule has 2 aromatic rings. The normalized spacial score (nSPS) is 18.1. The summed E-state index contributed by atoms with van der Waals surface area (Å²) in [5, 5.41) is 5.74. The summed E-state index contributed by atoms with van der Waals surface area (Å²) in [4.78, 5) is 24.2. The van der Waals surface area contributed by atoms with Crippen molar-refractivity contribution in [3.63, 3.8) is 0 Å². The van der Waals surface area contributed by atoms with Crippen molar-refractivity contribution >= 4 is 17.5 Å². The van der Waals surface area contributed by atoms with E-state index in [4.69, 9.17) is 4.74 Å². The summed E-state index contributed by atoms with van der Waals surface area (Å²) < 4.78 is 5.70. The Morgan fingerprint density at radius 1 is 1.03 bits per heavy atom. The van der Waals surface area contributed by atoms with Gasteiger partial charge in [0.05, 0.1) is 6.54 Å². The molecule has 1 aliphatic rings. The van der Waals surface area contributed by atoms with Gasteiger partial charge in [-0.1, -0.05) is 39.8 Å². The predicted octanol–water partition coefficient (Wildman–Crippen LogP) is 4.39. The van der Waals surface area contributed by atoms with Gasteiger partial charge in [0.2, 0.25) is 5.91 Å². The molecule has 1 saturated carbocycles. The number of anilines is 1. The third-order valence-electron chi connectivity index (χ3n) is 5.24. The van der Waals surface area contributed by atoms with Gasteiger partial charge in [0.25, 0.3) is 5.91 Å². The highest BCUT2D eigenvalue weighted by Gasteiger charge is 2.39. The number of rotatable bonds is 7. The van der Waals surface area contributed by atoms with Gasteiger partial charge in [-0.2, -0.15) is 0 Å². The molecule has 1 aliphatic carbocycles. The lowest BCUT2D eigenvalue weighted by Gasteiger charge is -2.19. The number of carbonyl (C=O) groups excluding carboxylic acids is 2. The zero-order chi connectivity index (χ0) is 21.0. The van der Waals surface area contributed by atoms with Gasteiger partial charge in [-0.3, -0.25) is 9.59 Å². The molecule has 2 amide bonds. The summed E-state index contributed by atoms with van der Waals surface area (Å²) in [6.45, 7) is 9.40. The minimum absolute atomic E-state index is 0.0578. The molecule has 2 aromatic carbocycles. The van der Waals surface area contributed by atoms with Gasteiger partial charge in [-0.05, 0) is 59.7 Å². The second kappa shape index (κ2) is 8.68. The molecule has 1 fully saturated rings. The monoisotopic (exact) mass is 394 g/mol. The summed E-state index contributed by atoms with van der Waals surface area (Å²) in [6.07, 6.45) is 0.953. The largest absolute Gasteiger partial charge is 0.492 e. The van der Waals surface area contributed by atoms with Gasteiger partial charge in [0.15, 0.2) is 0 Å². The highest BCUT2D eigenvalue weighted by Crippen LogP contribution is 2.38. The third kappa shape index (κ3) is 5.83. The van der Waals surface area contributed by atoms with Crippen LogP contribution in [0.4, 0.5) is 5.69 Å². The first-order valence-electron chi connectivity index (χ1n) is 10.2. The van der Waals surface area contributed by atoms with E-state index >= 15 is 0 Å². The molecule has 0 radical (unpaired) electrons. The smallest absolute Gasteiger partial charge is 0.251 e. The first kappa shape index (κ1) is 20.9. The molecule has 0 bridgehead atoms. The fourth-order valence-electron chi connectivity index (χ4n) is 3.11. The Morgan fingerprint density at radius 2 is 1.66 bits per heavy atom. The van der Waals surface area contributed by atoms with E-state index < -0.39 is 0 Å². The van der Waals surface area contributed by atoms with Crippen LogP contribution in [0.2, 0.25) is 0 Å². The van der Waals surface area contributed by atoms with Crippen molar-refractivity contribution in [2.75, 3.05) is 18.5 Å². The predicted molar refractivity (Wildman–Crippen MR) is 115 cm³/mol. The van der Waals surface area contributed by atoms with Crippen LogP contribution < -0.4 is 15.4 Å². The van der Waals surface area contributed by atoms with E-state index in [-0.39, 0.29) is 23.1 Å². The molecule has 154 valence electrons. The quantitative estimate of drug-likeness (QED) is 0.685. The lowest BCUT2D eigenvalue weighted by atomic mass is 9.87. The van der Waals surface area contributed by atoms with Crippen LogP contribution >= 0.6 is 0 Å². The van der Waals surface area contributed by atoms with Crippen LogP contribution in [0.15, 0.2) is 48.5 Å². The van der Waals surface area contributed by atoms with Crippen molar-refractivity contribution in [2.24, 2.45) is 11.8 Å². The Bertz CT molecular complexity index is 851. The molecule has 0 saturated heterocycles. The molecular weight excluding hydrogens is 364 g/mol. The fourth-order valence-corrected chi connectivity index (χ4v) is 3.11. The van der Waals surface area contributed by atoms with Gasteiger partial charge >= 0.3 is 0 Å². The highest BCUT2D eigenvalue weighted by atomic mass is 16.5. The van der Waals surface area contributed by atoms with E-state index in [9.17, 15) is 9.59 Å². The molecule has 0 heterocycles. The lowest BCUT2D eigenvalue weighted by molar-refractivity contribution is -0.117. The summed E-state index contributed by atoms with van der Waals surface area (Å²) in [5.74, 6) is 1.28. The molecule has 2 atom stereocenters. The minimum atomic E-state index is -0.162. The number of carbonyl (C=O) groups is 2. The summed E-state index contributed by atoms with van der Waals surface area (Å²) in [7, 11) is 0. The van der Waals surface area contributed by atoms with Crippen LogP contribution in [0.1, 0.15) is 50.0 Å². The van der Waals surface area contributed by atoms with Crippen molar-refractivity contribution in [3.8, 4) is 5.75 Å². The van der Waals surface area contributed by atoms with Crippen LogP contribution in [0.3, 0.4) is 0 Å². The van der Waals surface area contributed by atoms with Gasteiger partial charge in [0.1, 0.15) is 12.4 Å². The maximum absolute atomic E-state index is 12.3. The Labute approximate surface area is 172 Å². The lowest BCUT2D eigenvalue weighted by Crippen LogP contribution is -2.28. The van der Waals surface area contributed by atoms with Crippen LogP contribution in [-0.4, -0.2) is 25.0 Å². The Balaban J connectivity index is 1.40. The van der Waals surface area contributed by atoms with Crippen molar-refractivity contribution in [3.05, 3.63) is 59.7 Å². The second-order valence-electron chi connectivity index (χ2n) is 8.76. The Hall–Kier alpha value is -2.82. The van der Waals surface area contributed by atoms with E-state index in [1.165, 1.54) is 5.56 Å². The van der Waals surface area contributed by atoms with Gasteiger partial charge in [-0.15, -0.1) is 0 Å². The van der Waals surface area contributed by atoms with Crippen LogP contribution in [0.25, 0.3) is 0 Å². The molecule has 2 N–H and O–H groups in total. The molecule has 5 nitrogen and oxygen atoms in total. The third-order valence-corrected chi connectivity index (χ3v) is 5.24. The van der Waals surface area contributed by atoms with E-state index in [0.29, 0.717) is 30.3 Å². The average Bonchev–Trinajstić information content (AvgIpc) is 3.42. The van der Waals surface area contributed by atoms with Crippen molar-refractivity contribution in [2.45, 2.75) is 39.5 Å². The maximum atomic E-state index is 12.3. The minimum Gasteiger partial charge on any atom is -0.492 e. The number of benzene rings is 2. The summed E-state index contributed by atoms with van der Waals surface area (Å²) in [6, 6.07) is 15.0. The molecule has 0 spiro atoms. The highest BCUT2D eigenvalue weighted by molar-refractivity contribution is 5.96. The molecule has 5 heteroatoms. The van der Waals surface area contributed by atoms with E-state index in [0.717, 1.165) is 12.2 Å². The fraction of sp³-hybridized carbons (Fsp3) is 0.417. The zero-order valence-corrected chi connectivity index (χ0v) is 17.6. The number of hydrogen-bond acceptors (Lipinski definition) is 3. The molecule has 0 aromatic heterocycles. The maximum Gasteiger partial charge on any atom is 0.251 e. The Morgan fingerprint density at radius 3 is 2.21 bits per heavy atom. The van der Waals surface area contributed by atoms with Crippen molar-refractivity contribution < 1.29 is 14.3 Å². The average molecular weight is 395 g/mol. The second-order valence-corrected chi connectivity index (χ2v) is 8.76. The summed E-state index contributed by atoms with van der Waals surface area (Å²) in [5.41, 5.74) is 2.63. The number of nitrogens with one attached hydrogen (secondary N) is 2. The standard InChI is InChI=1S/C24H30N2O3/c1-16-15-21(16)23(28)26-19-9-5-17(6-10-19)22(27)25-13-14-29-20-11-7-18(8-12-20)24(2,3)4/h5-12,16,21H,13-15H2,1-4H3,(H,25,27)(H,26,28). The van der Waals surface area contributed by atoms with E-state index in [1.54, 1.807) is 24.3 Å². The summed E-state index contributed by atoms with van der Waals surface area (Å²) >= 11 is 0. The van der Waals surface area contributed by atoms with Crippen LogP contribution in [0.5, 0.6) is 5.75 Å². The van der Waals surface area contributed by atoms with E-state index in [1.807, 2.05) is 12.1 Å². The molecule has 29 heavy (non-hydrogen) atoms. The van der Waals surface area contributed by atoms with E-state index in [2.05, 4.69) is 50.5 Å². The van der Waals surface area contributed by atoms with Gasteiger partial charge < -0.3 is 15.4 Å². The SMILES string of the molecule is CC1CC1C(=O)Nc1ccc(C(=O)NCCOc2ccc(C(C)(C)C)cc2)cc1. The van der Waals surface area contributed by atoms with Crippen molar-refractivity contribution in [1.82, 2.24) is 5.32 Å². The molecule has 0 aliphatic heterocycles. The van der Waals surface area contributed by atoms with Crippen LogP contribution in [-0.2, 0) is 10.2 Å². The van der Waals surface area contributed by atoms with Gasteiger partial charge in [0, 0.05) is 17.2 Å². The molecule has 3 rings (SSSR count). The zero-order valence-electron chi connectivity index (χ0n) is 17.6. The number of amides is 2. The van der Waals surface area contributed by atoms with Crippen LogP contribution in [0, 0.1) is 11.8 Å². The number of ether oxygens (including phenoxy) is 1. The number of hydrogen-bond donors (Lipinski definition) is 2. The molecular formula is C24H30N2O3. The first-order valence-corrected chi connectivity index (χ1v) is 10.2.